The van der Waals surface area contributed by atoms with E-state index >= 15 is 0 Å². The van der Waals surface area contributed by atoms with Crippen molar-refractivity contribution in [2.24, 2.45) is 0 Å². The Hall–Kier alpha value is -2.40. The number of unbranched alkanes of at least 4 members (excludes halogenated alkanes) is 2. The molecule has 0 atom stereocenters. The van der Waals surface area contributed by atoms with Crippen molar-refractivity contribution in [2.75, 3.05) is 11.9 Å². The molecule has 2 N–H and O–H groups in total. The number of amides is 2. The molecule has 24 heavy (non-hydrogen) atoms. The Morgan fingerprint density at radius 1 is 1.00 bits per heavy atom. The summed E-state index contributed by atoms with van der Waals surface area (Å²) in [5.74, 6) is -0.648. The van der Waals surface area contributed by atoms with E-state index in [1.807, 2.05) is 0 Å². The summed E-state index contributed by atoms with van der Waals surface area (Å²) in [6.45, 7) is 2.71. The molecule has 5 nitrogen and oxygen atoms in total. The van der Waals surface area contributed by atoms with Gasteiger partial charge in [0.1, 0.15) is 11.4 Å². The largest absolute Gasteiger partial charge is 0.351 e. The predicted molar refractivity (Wildman–Crippen MR) is 95.5 cm³/mol. The van der Waals surface area contributed by atoms with Crippen molar-refractivity contribution in [1.29, 1.82) is 0 Å². The molecule has 0 fully saturated rings. The third-order valence-electron chi connectivity index (χ3n) is 3.38. The van der Waals surface area contributed by atoms with Crippen LogP contribution in [0.4, 0.5) is 5.69 Å². The summed E-state index contributed by atoms with van der Waals surface area (Å²) < 4.78 is 0. The predicted octanol–water partition coefficient (Wildman–Crippen LogP) is 3.91. The topological polar surface area (TPSA) is 71.1 Å². The lowest BCUT2D eigenvalue weighted by molar-refractivity contribution is 0.0948. The van der Waals surface area contributed by atoms with Crippen molar-refractivity contribution in [1.82, 2.24) is 10.3 Å². The molecule has 2 rings (SSSR count). The van der Waals surface area contributed by atoms with Crippen LogP contribution >= 0.6 is 11.6 Å². The van der Waals surface area contributed by atoms with E-state index in [0.29, 0.717) is 17.3 Å². The molecule has 0 aliphatic heterocycles. The van der Waals surface area contributed by atoms with Crippen molar-refractivity contribution in [3.8, 4) is 0 Å². The van der Waals surface area contributed by atoms with Crippen molar-refractivity contribution in [3.05, 3.63) is 58.9 Å². The summed E-state index contributed by atoms with van der Waals surface area (Å²) in [6, 6.07) is 11.6. The average molecular weight is 346 g/mol. The zero-order valence-corrected chi connectivity index (χ0v) is 14.3. The van der Waals surface area contributed by atoms with E-state index in [1.165, 1.54) is 0 Å². The summed E-state index contributed by atoms with van der Waals surface area (Å²) in [7, 11) is 0. The maximum Gasteiger partial charge on any atom is 0.274 e. The van der Waals surface area contributed by atoms with Crippen LogP contribution < -0.4 is 10.6 Å². The van der Waals surface area contributed by atoms with E-state index in [9.17, 15) is 9.59 Å². The first kappa shape index (κ1) is 17.9. The van der Waals surface area contributed by atoms with E-state index in [4.69, 9.17) is 11.6 Å². The van der Waals surface area contributed by atoms with Gasteiger partial charge in [0.25, 0.3) is 11.8 Å². The minimum Gasteiger partial charge on any atom is -0.351 e. The number of hydrogen-bond donors (Lipinski definition) is 2. The number of nitrogens with one attached hydrogen (secondary N) is 2. The summed E-state index contributed by atoms with van der Waals surface area (Å²) >= 11 is 5.81. The van der Waals surface area contributed by atoms with Crippen LogP contribution in [-0.4, -0.2) is 23.3 Å². The third kappa shape index (κ3) is 5.35. The van der Waals surface area contributed by atoms with Gasteiger partial charge in [-0.3, -0.25) is 9.59 Å². The lowest BCUT2D eigenvalue weighted by Crippen LogP contribution is -2.26. The van der Waals surface area contributed by atoms with Gasteiger partial charge in [0.2, 0.25) is 0 Å². The number of pyridine rings is 1. The van der Waals surface area contributed by atoms with Gasteiger partial charge in [-0.25, -0.2) is 4.98 Å². The molecule has 0 aliphatic rings. The van der Waals surface area contributed by atoms with Gasteiger partial charge >= 0.3 is 0 Å². The Morgan fingerprint density at radius 3 is 2.33 bits per heavy atom. The number of carbonyl (C=O) groups is 2. The molecule has 0 spiro atoms. The zero-order valence-electron chi connectivity index (χ0n) is 13.5. The molecule has 2 amide bonds. The Morgan fingerprint density at radius 2 is 1.67 bits per heavy atom. The van der Waals surface area contributed by atoms with Crippen LogP contribution in [0.1, 0.15) is 47.2 Å². The van der Waals surface area contributed by atoms with Crippen molar-refractivity contribution in [2.45, 2.75) is 26.2 Å². The average Bonchev–Trinajstić information content (AvgIpc) is 2.60. The smallest absolute Gasteiger partial charge is 0.274 e. The fourth-order valence-electron chi connectivity index (χ4n) is 2.08. The van der Waals surface area contributed by atoms with E-state index in [0.717, 1.165) is 19.3 Å². The number of benzene rings is 1. The Balaban J connectivity index is 1.99. The second kappa shape index (κ2) is 9.03. The molecule has 0 saturated heterocycles. The van der Waals surface area contributed by atoms with E-state index < -0.39 is 0 Å². The third-order valence-corrected chi connectivity index (χ3v) is 3.63. The highest BCUT2D eigenvalue weighted by Crippen LogP contribution is 2.14. The first-order valence-electron chi connectivity index (χ1n) is 7.92. The van der Waals surface area contributed by atoms with Gasteiger partial charge in [-0.05, 0) is 42.8 Å². The molecule has 2 aromatic rings. The van der Waals surface area contributed by atoms with Gasteiger partial charge in [0.05, 0.1) is 0 Å². The second-order valence-electron chi connectivity index (χ2n) is 5.33. The molecule has 0 aliphatic carbocycles. The number of aromatic nitrogens is 1. The lowest BCUT2D eigenvalue weighted by Gasteiger charge is -2.07. The van der Waals surface area contributed by atoms with Crippen LogP contribution in [0.15, 0.2) is 42.5 Å². The van der Waals surface area contributed by atoms with Gasteiger partial charge in [-0.1, -0.05) is 37.4 Å². The number of anilines is 1. The molecule has 0 bridgehead atoms. The first-order valence-corrected chi connectivity index (χ1v) is 8.30. The van der Waals surface area contributed by atoms with Crippen LogP contribution in [0, 0.1) is 0 Å². The highest BCUT2D eigenvalue weighted by Gasteiger charge is 2.12. The van der Waals surface area contributed by atoms with Gasteiger partial charge in [0.15, 0.2) is 0 Å². The maximum atomic E-state index is 12.2. The molecule has 0 unspecified atom stereocenters. The standard InChI is InChI=1S/C18H20ClN3O2/c1-2-3-4-12-20-17(23)15-6-5-7-16(22-15)18(24)21-14-10-8-13(19)9-11-14/h5-11H,2-4,12H2,1H3,(H,20,23)(H,21,24). The number of hydrogen-bond acceptors (Lipinski definition) is 3. The minimum atomic E-state index is -0.377. The number of carbonyl (C=O) groups excluding carboxylic acids is 2. The lowest BCUT2D eigenvalue weighted by atomic mass is 10.2. The highest BCUT2D eigenvalue weighted by molar-refractivity contribution is 6.30. The van der Waals surface area contributed by atoms with E-state index in [1.54, 1.807) is 42.5 Å². The van der Waals surface area contributed by atoms with Crippen LogP contribution in [-0.2, 0) is 0 Å². The summed E-state index contributed by atoms with van der Waals surface area (Å²) in [5.41, 5.74) is 1.03. The summed E-state index contributed by atoms with van der Waals surface area (Å²) in [4.78, 5) is 28.4. The van der Waals surface area contributed by atoms with Crippen LogP contribution in [0.5, 0.6) is 0 Å². The van der Waals surface area contributed by atoms with Gasteiger partial charge in [-0.2, -0.15) is 0 Å². The molecule has 1 aromatic heterocycles. The monoisotopic (exact) mass is 345 g/mol. The van der Waals surface area contributed by atoms with Gasteiger partial charge in [-0.15, -0.1) is 0 Å². The number of nitrogens with zero attached hydrogens (tertiary/aromatic N) is 1. The van der Waals surface area contributed by atoms with Crippen LogP contribution in [0.2, 0.25) is 5.02 Å². The SMILES string of the molecule is CCCCCNC(=O)c1cccc(C(=O)Nc2ccc(Cl)cc2)n1. The molecular weight excluding hydrogens is 326 g/mol. The second-order valence-corrected chi connectivity index (χ2v) is 5.77. The molecule has 1 aromatic carbocycles. The fraction of sp³-hybridized carbons (Fsp3) is 0.278. The zero-order chi connectivity index (χ0) is 17.4. The fourth-order valence-corrected chi connectivity index (χ4v) is 2.21. The van der Waals surface area contributed by atoms with Crippen LogP contribution in [0.3, 0.4) is 0 Å². The minimum absolute atomic E-state index is 0.186. The summed E-state index contributed by atoms with van der Waals surface area (Å²) in [5, 5.41) is 6.12. The van der Waals surface area contributed by atoms with Crippen molar-refractivity contribution >= 4 is 29.1 Å². The molecule has 1 heterocycles. The molecule has 6 heteroatoms. The van der Waals surface area contributed by atoms with Crippen molar-refractivity contribution < 1.29 is 9.59 Å². The highest BCUT2D eigenvalue weighted by atomic mass is 35.5. The first-order chi connectivity index (χ1) is 11.6. The number of halogens is 1. The Bertz CT molecular complexity index is 702. The Labute approximate surface area is 146 Å². The van der Waals surface area contributed by atoms with Crippen molar-refractivity contribution in [3.63, 3.8) is 0 Å². The quantitative estimate of drug-likeness (QED) is 0.747. The number of rotatable bonds is 7. The Kier molecular flexibility index (Phi) is 6.75. The molecular formula is C18H20ClN3O2. The van der Waals surface area contributed by atoms with Gasteiger partial charge in [0, 0.05) is 17.3 Å². The molecule has 0 radical (unpaired) electrons. The maximum absolute atomic E-state index is 12.2. The van der Waals surface area contributed by atoms with Gasteiger partial charge < -0.3 is 10.6 Å². The van der Waals surface area contributed by atoms with E-state index in [-0.39, 0.29) is 23.2 Å². The van der Waals surface area contributed by atoms with Crippen LogP contribution in [0.25, 0.3) is 0 Å². The summed E-state index contributed by atoms with van der Waals surface area (Å²) in [6.07, 6.45) is 3.09. The normalized spacial score (nSPS) is 10.2. The molecule has 126 valence electrons. The van der Waals surface area contributed by atoms with E-state index in [2.05, 4.69) is 22.5 Å². The molecule has 0 saturated carbocycles.